The van der Waals surface area contributed by atoms with E-state index in [1.165, 1.54) is 12.1 Å². The molecule has 1 fully saturated rings. The Hall–Kier alpha value is -3.19. The monoisotopic (exact) mass is 395 g/mol. The van der Waals surface area contributed by atoms with Gasteiger partial charge in [0.15, 0.2) is 0 Å². The number of carbonyl (C=O) groups excluding carboxylic acids is 1. The maximum atomic E-state index is 13.1. The van der Waals surface area contributed by atoms with Crippen molar-refractivity contribution in [1.82, 2.24) is 10.1 Å². The van der Waals surface area contributed by atoms with E-state index in [4.69, 9.17) is 9.26 Å². The Labute approximate surface area is 168 Å². The summed E-state index contributed by atoms with van der Waals surface area (Å²) in [5.74, 6) is -0.439. The molecule has 1 aliphatic rings. The third-order valence-corrected chi connectivity index (χ3v) is 4.96. The highest BCUT2D eigenvalue weighted by atomic mass is 19.1. The van der Waals surface area contributed by atoms with Crippen LogP contribution in [0.4, 0.5) is 10.1 Å². The van der Waals surface area contributed by atoms with Crippen molar-refractivity contribution >= 4 is 11.6 Å². The highest BCUT2D eigenvalue weighted by Crippen LogP contribution is 2.24. The summed E-state index contributed by atoms with van der Waals surface area (Å²) in [6.07, 6.45) is 0. The molecule has 7 heteroatoms. The predicted molar refractivity (Wildman–Crippen MR) is 107 cm³/mol. The Morgan fingerprint density at radius 1 is 1.14 bits per heavy atom. The van der Waals surface area contributed by atoms with Crippen LogP contribution in [-0.4, -0.2) is 49.3 Å². The molecule has 0 atom stereocenters. The summed E-state index contributed by atoms with van der Waals surface area (Å²) in [7, 11) is 1.73. The number of hydrogen-bond acceptors (Lipinski definition) is 5. The molecule has 2 aromatic carbocycles. The van der Waals surface area contributed by atoms with Crippen molar-refractivity contribution in [2.45, 2.75) is 6.54 Å². The van der Waals surface area contributed by atoms with Gasteiger partial charge in [0.05, 0.1) is 13.2 Å². The van der Waals surface area contributed by atoms with Crippen LogP contribution >= 0.6 is 0 Å². The first kappa shape index (κ1) is 19.1. The third-order valence-electron chi connectivity index (χ3n) is 4.96. The van der Waals surface area contributed by atoms with Crippen LogP contribution in [-0.2, 0) is 11.3 Å². The summed E-state index contributed by atoms with van der Waals surface area (Å²) in [6.45, 7) is 3.51. The van der Waals surface area contributed by atoms with Crippen molar-refractivity contribution in [1.29, 1.82) is 0 Å². The fourth-order valence-corrected chi connectivity index (χ4v) is 3.41. The van der Waals surface area contributed by atoms with Gasteiger partial charge < -0.3 is 19.1 Å². The Kier molecular flexibility index (Phi) is 5.57. The van der Waals surface area contributed by atoms with E-state index < -0.39 is 0 Å². The van der Waals surface area contributed by atoms with Crippen LogP contribution in [0.2, 0.25) is 0 Å². The largest absolute Gasteiger partial charge is 0.378 e. The lowest BCUT2D eigenvalue weighted by molar-refractivity contribution is 0.0743. The molecule has 2 heterocycles. The van der Waals surface area contributed by atoms with Crippen LogP contribution in [0.25, 0.3) is 11.3 Å². The number of nitrogens with zero attached hydrogens (tertiary/aromatic N) is 3. The molecule has 4 rings (SSSR count). The lowest BCUT2D eigenvalue weighted by atomic mass is 10.1. The molecule has 0 unspecified atom stereocenters. The number of aromatic nitrogens is 1. The van der Waals surface area contributed by atoms with E-state index in [9.17, 15) is 9.18 Å². The third kappa shape index (κ3) is 4.30. The quantitative estimate of drug-likeness (QED) is 0.661. The topological polar surface area (TPSA) is 58.8 Å². The van der Waals surface area contributed by atoms with E-state index in [0.29, 0.717) is 31.0 Å². The van der Waals surface area contributed by atoms with Gasteiger partial charge in [-0.05, 0) is 35.9 Å². The van der Waals surface area contributed by atoms with Gasteiger partial charge in [0, 0.05) is 44.0 Å². The molecule has 3 aromatic rings. The minimum Gasteiger partial charge on any atom is -0.378 e. The van der Waals surface area contributed by atoms with Gasteiger partial charge in [-0.25, -0.2) is 4.39 Å². The molecule has 1 saturated heterocycles. The number of para-hydroxylation sites is 1. The predicted octanol–water partition coefficient (Wildman–Crippen LogP) is 3.59. The zero-order chi connectivity index (χ0) is 20.2. The van der Waals surface area contributed by atoms with Gasteiger partial charge in [-0.3, -0.25) is 4.79 Å². The second-order valence-electron chi connectivity index (χ2n) is 6.97. The molecule has 6 nitrogen and oxygen atoms in total. The smallest absolute Gasteiger partial charge is 0.292 e. The number of rotatable bonds is 5. The summed E-state index contributed by atoms with van der Waals surface area (Å²) in [6, 6.07) is 15.5. The fourth-order valence-electron chi connectivity index (χ4n) is 3.41. The molecule has 29 heavy (non-hydrogen) atoms. The van der Waals surface area contributed by atoms with Gasteiger partial charge >= 0.3 is 0 Å². The number of anilines is 1. The van der Waals surface area contributed by atoms with Gasteiger partial charge in [-0.2, -0.15) is 0 Å². The first-order chi connectivity index (χ1) is 14.1. The summed E-state index contributed by atoms with van der Waals surface area (Å²) in [5, 5.41) is 3.95. The van der Waals surface area contributed by atoms with Crippen molar-refractivity contribution in [3.8, 4) is 11.3 Å². The van der Waals surface area contributed by atoms with Crippen LogP contribution in [0.1, 0.15) is 16.1 Å². The highest BCUT2D eigenvalue weighted by Gasteiger charge is 2.21. The van der Waals surface area contributed by atoms with E-state index in [2.05, 4.69) is 16.1 Å². The average molecular weight is 395 g/mol. The van der Waals surface area contributed by atoms with E-state index in [1.54, 1.807) is 30.1 Å². The molecule has 1 aromatic heterocycles. The molecule has 0 bridgehead atoms. The van der Waals surface area contributed by atoms with E-state index in [-0.39, 0.29) is 17.5 Å². The number of carbonyl (C=O) groups is 1. The summed E-state index contributed by atoms with van der Waals surface area (Å²) in [4.78, 5) is 16.7. The molecular weight excluding hydrogens is 373 g/mol. The van der Waals surface area contributed by atoms with Crippen LogP contribution in [0.15, 0.2) is 59.1 Å². The van der Waals surface area contributed by atoms with E-state index >= 15 is 0 Å². The molecular formula is C22H22FN3O3. The van der Waals surface area contributed by atoms with Gasteiger partial charge in [0.1, 0.15) is 11.5 Å². The summed E-state index contributed by atoms with van der Waals surface area (Å²) < 4.78 is 23.8. The lowest BCUT2D eigenvalue weighted by Gasteiger charge is -2.31. The lowest BCUT2D eigenvalue weighted by Crippen LogP contribution is -2.37. The summed E-state index contributed by atoms with van der Waals surface area (Å²) >= 11 is 0. The summed E-state index contributed by atoms with van der Waals surface area (Å²) in [5.41, 5.74) is 3.36. The van der Waals surface area contributed by atoms with Gasteiger partial charge in [0.25, 0.3) is 5.91 Å². The molecule has 0 aliphatic carbocycles. The van der Waals surface area contributed by atoms with E-state index in [1.807, 2.05) is 18.2 Å². The molecule has 1 aliphatic heterocycles. The van der Waals surface area contributed by atoms with Crippen molar-refractivity contribution < 1.29 is 18.4 Å². The van der Waals surface area contributed by atoms with E-state index in [0.717, 1.165) is 24.3 Å². The second-order valence-corrected chi connectivity index (χ2v) is 6.97. The first-order valence-corrected chi connectivity index (χ1v) is 9.50. The van der Waals surface area contributed by atoms with Crippen molar-refractivity contribution in [2.24, 2.45) is 0 Å². The number of amides is 1. The SMILES string of the molecule is CN(Cc1ccccc1N1CCOCC1)C(=O)c1cc(-c2ccc(F)cc2)no1. The number of halogens is 1. The molecule has 1 amide bonds. The zero-order valence-electron chi connectivity index (χ0n) is 16.2. The number of benzene rings is 2. The van der Waals surface area contributed by atoms with Gasteiger partial charge in [-0.15, -0.1) is 0 Å². The van der Waals surface area contributed by atoms with Crippen molar-refractivity contribution in [2.75, 3.05) is 38.3 Å². The van der Waals surface area contributed by atoms with Crippen LogP contribution in [0, 0.1) is 5.82 Å². The zero-order valence-corrected chi connectivity index (χ0v) is 16.2. The minimum atomic E-state index is -0.327. The molecule has 0 spiro atoms. The maximum Gasteiger partial charge on any atom is 0.292 e. The second kappa shape index (κ2) is 8.45. The van der Waals surface area contributed by atoms with Crippen molar-refractivity contribution in [3.63, 3.8) is 0 Å². The Morgan fingerprint density at radius 2 is 1.86 bits per heavy atom. The van der Waals surface area contributed by atoms with Crippen LogP contribution in [0.3, 0.4) is 0 Å². The van der Waals surface area contributed by atoms with Crippen LogP contribution < -0.4 is 4.90 Å². The average Bonchev–Trinajstić information content (AvgIpc) is 3.25. The molecule has 0 saturated carbocycles. The molecule has 0 N–H and O–H groups in total. The molecule has 0 radical (unpaired) electrons. The molecule has 150 valence electrons. The van der Waals surface area contributed by atoms with Crippen LogP contribution in [0.5, 0.6) is 0 Å². The first-order valence-electron chi connectivity index (χ1n) is 9.50. The van der Waals surface area contributed by atoms with Crippen molar-refractivity contribution in [3.05, 3.63) is 71.7 Å². The van der Waals surface area contributed by atoms with Gasteiger partial charge in [0.2, 0.25) is 5.76 Å². The number of hydrogen-bond donors (Lipinski definition) is 0. The number of morpholine rings is 1. The maximum absolute atomic E-state index is 13.1. The Balaban J connectivity index is 1.49. The highest BCUT2D eigenvalue weighted by molar-refractivity contribution is 5.92. The Morgan fingerprint density at radius 3 is 2.62 bits per heavy atom. The fraction of sp³-hybridized carbons (Fsp3) is 0.273. The standard InChI is InChI=1S/C22H22FN3O3/c1-25(15-17-4-2-3-5-20(17)26-10-12-28-13-11-26)22(27)21-14-19(24-29-21)16-6-8-18(23)9-7-16/h2-9,14H,10-13,15H2,1H3. The van der Waals surface area contributed by atoms with Gasteiger partial charge in [-0.1, -0.05) is 23.4 Å². The number of ether oxygens (including phenoxy) is 1. The minimum absolute atomic E-state index is 0.149. The normalized spacial score (nSPS) is 14.1. The Bertz CT molecular complexity index is 981.